The van der Waals surface area contributed by atoms with Crippen LogP contribution >= 0.6 is 23.1 Å². The van der Waals surface area contributed by atoms with Crippen LogP contribution in [0.1, 0.15) is 6.42 Å². The average molecular weight is 398 g/mol. The molecule has 0 aliphatic heterocycles. The van der Waals surface area contributed by atoms with Gasteiger partial charge in [0.25, 0.3) is 0 Å². The van der Waals surface area contributed by atoms with Gasteiger partial charge in [-0.3, -0.25) is 9.59 Å². The summed E-state index contributed by atoms with van der Waals surface area (Å²) in [5, 5.41) is 1.99. The Morgan fingerprint density at radius 1 is 1.04 bits per heavy atom. The average Bonchev–Trinajstić information content (AvgIpc) is 3.17. The summed E-state index contributed by atoms with van der Waals surface area (Å²) in [6.45, 7) is 0.270. The number of amides is 2. The molecule has 0 radical (unpaired) electrons. The fourth-order valence-corrected chi connectivity index (χ4v) is 4.21. The molecule has 3 rings (SSSR count). The van der Waals surface area contributed by atoms with Crippen molar-refractivity contribution in [1.82, 2.24) is 4.98 Å². The summed E-state index contributed by atoms with van der Waals surface area (Å²) in [6, 6.07) is 19.2. The van der Waals surface area contributed by atoms with Gasteiger partial charge in [-0.1, -0.05) is 60.3 Å². The van der Waals surface area contributed by atoms with Crippen molar-refractivity contribution in [2.75, 3.05) is 17.2 Å². The molecule has 3 aromatic rings. The van der Waals surface area contributed by atoms with E-state index in [0.717, 1.165) is 21.3 Å². The summed E-state index contributed by atoms with van der Waals surface area (Å²) >= 11 is 2.92. The van der Waals surface area contributed by atoms with Crippen LogP contribution in [-0.2, 0) is 9.59 Å². The zero-order chi connectivity index (χ0) is 19.1. The molecular weight excluding hydrogens is 378 g/mol. The SMILES string of the molecule is NC(=O)CCN(C(=O)CSc1nc(-c2ccccc2)cs1)c1ccccc1. The molecule has 0 spiro atoms. The van der Waals surface area contributed by atoms with E-state index in [9.17, 15) is 9.59 Å². The van der Waals surface area contributed by atoms with Crippen molar-refractivity contribution in [2.45, 2.75) is 10.8 Å². The van der Waals surface area contributed by atoms with Gasteiger partial charge in [0.15, 0.2) is 4.34 Å². The molecule has 27 heavy (non-hydrogen) atoms. The molecule has 1 heterocycles. The maximum absolute atomic E-state index is 12.7. The van der Waals surface area contributed by atoms with Gasteiger partial charge in [-0.25, -0.2) is 4.98 Å². The van der Waals surface area contributed by atoms with E-state index >= 15 is 0 Å². The Labute approximate surface area is 166 Å². The molecule has 0 aliphatic carbocycles. The second-order valence-electron chi connectivity index (χ2n) is 5.75. The Morgan fingerprint density at radius 3 is 2.37 bits per heavy atom. The Bertz CT molecular complexity index is 898. The van der Waals surface area contributed by atoms with E-state index in [2.05, 4.69) is 4.98 Å². The number of thioether (sulfide) groups is 1. The van der Waals surface area contributed by atoms with Crippen molar-refractivity contribution in [3.63, 3.8) is 0 Å². The number of carbonyl (C=O) groups is 2. The van der Waals surface area contributed by atoms with E-state index < -0.39 is 5.91 Å². The largest absolute Gasteiger partial charge is 0.370 e. The maximum atomic E-state index is 12.7. The fourth-order valence-electron chi connectivity index (χ4n) is 2.49. The summed E-state index contributed by atoms with van der Waals surface area (Å²) in [6.07, 6.45) is 0.126. The lowest BCUT2D eigenvalue weighted by Crippen LogP contribution is -2.35. The summed E-state index contributed by atoms with van der Waals surface area (Å²) in [7, 11) is 0. The normalized spacial score (nSPS) is 10.5. The monoisotopic (exact) mass is 397 g/mol. The summed E-state index contributed by atoms with van der Waals surface area (Å²) in [5.74, 6) is -0.261. The highest BCUT2D eigenvalue weighted by Gasteiger charge is 2.17. The number of thiazole rings is 1. The van der Waals surface area contributed by atoms with Gasteiger partial charge in [0.05, 0.1) is 11.4 Å². The maximum Gasteiger partial charge on any atom is 0.237 e. The van der Waals surface area contributed by atoms with Gasteiger partial charge in [0.1, 0.15) is 0 Å². The first-order chi connectivity index (χ1) is 13.1. The van der Waals surface area contributed by atoms with Crippen LogP contribution in [0.5, 0.6) is 0 Å². The summed E-state index contributed by atoms with van der Waals surface area (Å²) < 4.78 is 0.838. The number of carbonyl (C=O) groups excluding carboxylic acids is 2. The van der Waals surface area contributed by atoms with Crippen molar-refractivity contribution in [1.29, 1.82) is 0 Å². The molecule has 5 nitrogen and oxygen atoms in total. The number of aromatic nitrogens is 1. The molecule has 1 aromatic heterocycles. The molecular formula is C20H19N3O2S2. The zero-order valence-corrected chi connectivity index (χ0v) is 16.2. The molecule has 2 N–H and O–H groups in total. The number of hydrogen-bond acceptors (Lipinski definition) is 5. The minimum Gasteiger partial charge on any atom is -0.370 e. The molecule has 7 heteroatoms. The van der Waals surface area contributed by atoms with Crippen LogP contribution in [0.4, 0.5) is 5.69 Å². The first-order valence-electron chi connectivity index (χ1n) is 8.41. The van der Waals surface area contributed by atoms with Crippen LogP contribution in [0.25, 0.3) is 11.3 Å². The van der Waals surface area contributed by atoms with Crippen LogP contribution in [0.2, 0.25) is 0 Å². The van der Waals surface area contributed by atoms with Crippen LogP contribution in [0.3, 0.4) is 0 Å². The van der Waals surface area contributed by atoms with Crippen LogP contribution in [0.15, 0.2) is 70.4 Å². The topological polar surface area (TPSA) is 76.3 Å². The minimum absolute atomic E-state index is 0.0797. The standard InChI is InChI=1S/C20H19N3O2S2/c21-18(24)11-12-23(16-9-5-2-6-10-16)19(25)14-27-20-22-17(13-26-20)15-7-3-1-4-8-15/h1-10,13H,11-12,14H2,(H2,21,24). The lowest BCUT2D eigenvalue weighted by molar-refractivity contribution is -0.118. The second-order valence-corrected chi connectivity index (χ2v) is 7.83. The van der Waals surface area contributed by atoms with E-state index in [1.165, 1.54) is 23.1 Å². The van der Waals surface area contributed by atoms with Crippen molar-refractivity contribution in [3.8, 4) is 11.3 Å². The van der Waals surface area contributed by atoms with E-state index in [4.69, 9.17) is 5.73 Å². The first kappa shape index (κ1) is 19.1. The number of para-hydroxylation sites is 1. The van der Waals surface area contributed by atoms with Crippen LogP contribution in [0, 0.1) is 0 Å². The van der Waals surface area contributed by atoms with Crippen LogP contribution < -0.4 is 10.6 Å². The van der Waals surface area contributed by atoms with Gasteiger partial charge >= 0.3 is 0 Å². The van der Waals surface area contributed by atoms with Crippen LogP contribution in [-0.4, -0.2) is 29.1 Å². The number of hydrogen-bond donors (Lipinski definition) is 1. The zero-order valence-electron chi connectivity index (χ0n) is 14.6. The van der Waals surface area contributed by atoms with E-state index in [1.54, 1.807) is 4.90 Å². The third kappa shape index (κ3) is 5.42. The predicted octanol–water partition coefficient (Wildman–Crippen LogP) is 3.81. The Hall–Kier alpha value is -2.64. The quantitative estimate of drug-likeness (QED) is 0.587. The third-order valence-corrected chi connectivity index (χ3v) is 5.83. The first-order valence-corrected chi connectivity index (χ1v) is 10.3. The molecule has 0 unspecified atom stereocenters. The van der Waals surface area contributed by atoms with Gasteiger partial charge in [-0.15, -0.1) is 11.3 Å². The lowest BCUT2D eigenvalue weighted by Gasteiger charge is -2.22. The Balaban J connectivity index is 1.65. The predicted molar refractivity (Wildman–Crippen MR) is 111 cm³/mol. The highest BCUT2D eigenvalue weighted by molar-refractivity contribution is 8.01. The molecule has 0 saturated carbocycles. The third-order valence-electron chi connectivity index (χ3n) is 3.82. The number of nitrogens with two attached hydrogens (primary N) is 1. The number of benzene rings is 2. The highest BCUT2D eigenvalue weighted by Crippen LogP contribution is 2.28. The Kier molecular flexibility index (Phi) is 6.62. The lowest BCUT2D eigenvalue weighted by atomic mass is 10.2. The smallest absolute Gasteiger partial charge is 0.237 e. The molecule has 0 aliphatic rings. The molecule has 0 bridgehead atoms. The number of anilines is 1. The van der Waals surface area contributed by atoms with Gasteiger partial charge in [0, 0.05) is 29.6 Å². The van der Waals surface area contributed by atoms with Crippen molar-refractivity contribution >= 4 is 40.6 Å². The number of nitrogens with zero attached hydrogens (tertiary/aromatic N) is 2. The molecule has 2 aromatic carbocycles. The summed E-state index contributed by atoms with van der Waals surface area (Å²) in [5.41, 5.74) is 7.97. The second kappa shape index (κ2) is 9.34. The van der Waals surface area contributed by atoms with Gasteiger partial charge < -0.3 is 10.6 Å². The Morgan fingerprint density at radius 2 is 1.70 bits per heavy atom. The fraction of sp³-hybridized carbons (Fsp3) is 0.150. The van der Waals surface area contributed by atoms with E-state index in [-0.39, 0.29) is 24.6 Å². The van der Waals surface area contributed by atoms with Gasteiger partial charge in [-0.05, 0) is 12.1 Å². The van der Waals surface area contributed by atoms with Crippen molar-refractivity contribution in [2.24, 2.45) is 5.73 Å². The molecule has 0 saturated heterocycles. The minimum atomic E-state index is -0.427. The highest BCUT2D eigenvalue weighted by atomic mass is 32.2. The van der Waals surface area contributed by atoms with Gasteiger partial charge in [0.2, 0.25) is 11.8 Å². The van der Waals surface area contributed by atoms with E-state index in [0.29, 0.717) is 0 Å². The van der Waals surface area contributed by atoms with Crippen molar-refractivity contribution < 1.29 is 9.59 Å². The van der Waals surface area contributed by atoms with Crippen molar-refractivity contribution in [3.05, 3.63) is 66.0 Å². The van der Waals surface area contributed by atoms with Gasteiger partial charge in [-0.2, -0.15) is 0 Å². The molecule has 2 amide bonds. The molecule has 0 atom stereocenters. The van der Waals surface area contributed by atoms with E-state index in [1.807, 2.05) is 66.0 Å². The number of rotatable bonds is 8. The number of primary amides is 1. The summed E-state index contributed by atoms with van der Waals surface area (Å²) in [4.78, 5) is 30.1. The molecule has 0 fully saturated rings. The molecule has 138 valence electrons.